The smallest absolute Gasteiger partial charge is 0.327 e. The molecular formula is C7H11O7S-. The number of esters is 2. The van der Waals surface area contributed by atoms with Gasteiger partial charge < -0.3 is 14.7 Å². The van der Waals surface area contributed by atoms with Gasteiger partial charge in [0.25, 0.3) is 0 Å². The molecule has 0 heterocycles. The lowest BCUT2D eigenvalue weighted by atomic mass is 10.2. The Labute approximate surface area is 90.7 Å². The molecule has 0 unspecified atom stereocenters. The summed E-state index contributed by atoms with van der Waals surface area (Å²) in [5.41, 5.74) is 0. The third-order valence-electron chi connectivity index (χ3n) is 1.21. The molecule has 7 nitrogen and oxygen atoms in total. The first-order chi connectivity index (χ1) is 6.90. The number of hydrogen-bond donors (Lipinski definition) is 0. The van der Waals surface area contributed by atoms with E-state index in [1.165, 1.54) is 20.8 Å². The van der Waals surface area contributed by atoms with E-state index >= 15 is 0 Å². The zero-order chi connectivity index (χ0) is 11.9. The highest BCUT2D eigenvalue weighted by Crippen LogP contribution is 2.26. The predicted molar refractivity (Wildman–Crippen MR) is 46.6 cm³/mol. The first kappa shape index (κ1) is 14.2. The maximum atomic E-state index is 11.3. The molecule has 0 amide bonds. The summed E-state index contributed by atoms with van der Waals surface area (Å²) in [6, 6.07) is 0. The van der Waals surface area contributed by atoms with E-state index in [1.807, 2.05) is 0 Å². The highest BCUT2D eigenvalue weighted by molar-refractivity contribution is 7.96. The molecule has 0 aromatic heterocycles. The molecule has 0 N–H and O–H groups in total. The van der Waals surface area contributed by atoms with Crippen LogP contribution in [0.2, 0.25) is 0 Å². The summed E-state index contributed by atoms with van der Waals surface area (Å²) in [4.78, 5) is 21.6. The number of ether oxygens (including phenoxy) is 2. The molecule has 88 valence electrons. The van der Waals surface area contributed by atoms with Crippen LogP contribution >= 0.6 is 12.0 Å². The van der Waals surface area contributed by atoms with Gasteiger partial charge in [-0.3, -0.25) is 14.6 Å². The lowest BCUT2D eigenvalue weighted by Gasteiger charge is -2.20. The molecule has 0 bridgehead atoms. The van der Waals surface area contributed by atoms with Crippen molar-refractivity contribution in [2.75, 3.05) is 6.79 Å². The van der Waals surface area contributed by atoms with E-state index in [9.17, 15) is 14.8 Å². The van der Waals surface area contributed by atoms with Crippen molar-refractivity contribution in [2.45, 2.75) is 25.5 Å². The summed E-state index contributed by atoms with van der Waals surface area (Å²) in [7, 11) is 0. The summed E-state index contributed by atoms with van der Waals surface area (Å²) in [6.45, 7) is 3.61. The number of carbonyl (C=O) groups excluding carboxylic acids is 2. The zero-order valence-corrected chi connectivity index (χ0v) is 9.29. The third kappa shape index (κ3) is 6.28. The fourth-order valence-electron chi connectivity index (χ4n) is 0.473. The van der Waals surface area contributed by atoms with Crippen LogP contribution in [0, 0.1) is 0 Å². The highest BCUT2D eigenvalue weighted by Gasteiger charge is 2.32. The Morgan fingerprint density at radius 1 is 1.33 bits per heavy atom. The third-order valence-corrected chi connectivity index (χ3v) is 1.92. The second kappa shape index (κ2) is 6.62. The van der Waals surface area contributed by atoms with Crippen molar-refractivity contribution in [2.24, 2.45) is 0 Å². The van der Waals surface area contributed by atoms with E-state index in [-0.39, 0.29) is 0 Å². The van der Waals surface area contributed by atoms with Crippen molar-refractivity contribution in [3.63, 3.8) is 0 Å². The topological polar surface area (TPSA) is 94.1 Å². The van der Waals surface area contributed by atoms with E-state index in [1.54, 1.807) is 0 Å². The minimum absolute atomic E-state index is 0.476. The first-order valence-corrected chi connectivity index (χ1v) is 4.59. The number of rotatable bonds is 6. The van der Waals surface area contributed by atoms with Crippen LogP contribution in [0.3, 0.4) is 0 Å². The Balaban J connectivity index is 3.90. The largest absolute Gasteiger partial charge is 0.691 e. The summed E-state index contributed by atoms with van der Waals surface area (Å²) in [6.07, 6.45) is 0. The molecule has 15 heavy (non-hydrogen) atoms. The lowest BCUT2D eigenvalue weighted by Crippen LogP contribution is -2.31. The van der Waals surface area contributed by atoms with Crippen LogP contribution in [0.1, 0.15) is 20.8 Å². The van der Waals surface area contributed by atoms with Gasteiger partial charge in [0.1, 0.15) is 4.75 Å². The molecule has 0 atom stereocenters. The van der Waals surface area contributed by atoms with Crippen LogP contribution in [0.4, 0.5) is 0 Å². The van der Waals surface area contributed by atoms with Gasteiger partial charge in [-0.15, -0.1) is 0 Å². The number of hydrogen-bond acceptors (Lipinski definition) is 8. The van der Waals surface area contributed by atoms with Gasteiger partial charge in [0.05, 0.1) is 0 Å². The van der Waals surface area contributed by atoms with Crippen molar-refractivity contribution in [3.05, 3.63) is 0 Å². The molecule has 8 heteroatoms. The van der Waals surface area contributed by atoms with Crippen molar-refractivity contribution >= 4 is 24.0 Å². The maximum absolute atomic E-state index is 11.3. The lowest BCUT2D eigenvalue weighted by molar-refractivity contribution is -0.777. The van der Waals surface area contributed by atoms with Crippen LogP contribution < -0.4 is 5.26 Å². The Hall–Kier alpha value is -0.830. The molecule has 0 aliphatic heterocycles. The van der Waals surface area contributed by atoms with Crippen LogP contribution in [0.15, 0.2) is 0 Å². The first-order valence-electron chi connectivity index (χ1n) is 3.85. The predicted octanol–water partition coefficient (Wildman–Crippen LogP) is -0.300. The average molecular weight is 239 g/mol. The SMILES string of the molecule is CC(=O)OCOC(=O)C(C)(C)SOO[O-]. The molecule has 0 fully saturated rings. The molecule has 0 saturated carbocycles. The van der Waals surface area contributed by atoms with Gasteiger partial charge in [0, 0.05) is 19.0 Å². The van der Waals surface area contributed by atoms with Crippen molar-refractivity contribution < 1.29 is 33.7 Å². The molecule has 0 aromatic rings. The Bertz CT molecular complexity index is 227. The van der Waals surface area contributed by atoms with Crippen molar-refractivity contribution in [3.8, 4) is 0 Å². The molecule has 0 aliphatic carbocycles. The molecule has 0 aromatic carbocycles. The highest BCUT2D eigenvalue weighted by atomic mass is 32.2. The van der Waals surface area contributed by atoms with Crippen LogP contribution in [-0.2, 0) is 28.4 Å². The Morgan fingerprint density at radius 3 is 2.40 bits per heavy atom. The van der Waals surface area contributed by atoms with E-state index in [4.69, 9.17) is 0 Å². The molecule has 0 radical (unpaired) electrons. The summed E-state index contributed by atoms with van der Waals surface area (Å²) in [5, 5.41) is 12.6. The van der Waals surface area contributed by atoms with Crippen LogP contribution in [-0.4, -0.2) is 23.5 Å². The second-order valence-corrected chi connectivity index (χ2v) is 4.24. The molecule has 0 saturated heterocycles. The van der Waals surface area contributed by atoms with Gasteiger partial charge >= 0.3 is 11.9 Å². The van der Waals surface area contributed by atoms with Crippen molar-refractivity contribution in [1.29, 1.82) is 0 Å². The van der Waals surface area contributed by atoms with Crippen LogP contribution in [0.25, 0.3) is 0 Å². The summed E-state index contributed by atoms with van der Waals surface area (Å²) < 4.78 is 11.8. The van der Waals surface area contributed by atoms with Gasteiger partial charge in [0.15, 0.2) is 0 Å². The number of carbonyl (C=O) groups is 2. The quantitative estimate of drug-likeness (QED) is 0.205. The van der Waals surface area contributed by atoms with Gasteiger partial charge in [-0.05, 0) is 13.8 Å². The Morgan fingerprint density at radius 2 is 1.93 bits per heavy atom. The summed E-state index contributed by atoms with van der Waals surface area (Å²) in [5.74, 6) is -1.27. The second-order valence-electron chi connectivity index (χ2n) is 2.92. The standard InChI is InChI=1S/C7H12O7S/c1-5(8)11-4-12-6(9)7(2,3)15-14-13-10/h10H,4H2,1-3H3/p-1. The average Bonchev–Trinajstić information content (AvgIpc) is 2.14. The molecular weight excluding hydrogens is 228 g/mol. The molecule has 0 aliphatic rings. The minimum Gasteiger partial charge on any atom is -0.691 e. The van der Waals surface area contributed by atoms with Gasteiger partial charge in [-0.2, -0.15) is 4.33 Å². The minimum atomic E-state index is -1.13. The summed E-state index contributed by atoms with van der Waals surface area (Å²) >= 11 is 0.496. The fourth-order valence-corrected chi connectivity index (χ4v) is 0.798. The van der Waals surface area contributed by atoms with E-state index in [2.05, 4.69) is 18.8 Å². The van der Waals surface area contributed by atoms with E-state index in [0.717, 1.165) is 0 Å². The van der Waals surface area contributed by atoms with Gasteiger partial charge in [0.2, 0.25) is 6.79 Å². The Kier molecular flexibility index (Phi) is 6.25. The van der Waals surface area contributed by atoms with E-state index in [0.29, 0.717) is 12.0 Å². The fraction of sp³-hybridized carbons (Fsp3) is 0.714. The normalized spacial score (nSPS) is 10.9. The monoisotopic (exact) mass is 239 g/mol. The zero-order valence-electron chi connectivity index (χ0n) is 8.47. The van der Waals surface area contributed by atoms with Gasteiger partial charge in [-0.1, -0.05) is 0 Å². The van der Waals surface area contributed by atoms with E-state index < -0.39 is 23.5 Å². The maximum Gasteiger partial charge on any atom is 0.327 e. The van der Waals surface area contributed by atoms with Gasteiger partial charge in [-0.25, -0.2) is 0 Å². The van der Waals surface area contributed by atoms with Crippen LogP contribution in [0.5, 0.6) is 0 Å². The molecule has 0 spiro atoms. The molecule has 0 rings (SSSR count). The van der Waals surface area contributed by atoms with Crippen molar-refractivity contribution in [1.82, 2.24) is 0 Å².